The molecule has 0 saturated carbocycles. The minimum atomic E-state index is 0.259. The minimum absolute atomic E-state index is 0.259. The Labute approximate surface area is 82.5 Å². The molecule has 2 N–H and O–H groups in total. The number of rotatable bonds is 3. The molecular weight excluding hydrogens is 182 g/mol. The number of nitrogens with two attached hydrogens (primary N) is 1. The van der Waals surface area contributed by atoms with Crippen molar-refractivity contribution in [3.8, 4) is 11.5 Å². The van der Waals surface area contributed by atoms with Crippen molar-refractivity contribution < 1.29 is 14.3 Å². The second kappa shape index (κ2) is 3.86. The van der Waals surface area contributed by atoms with Crippen molar-refractivity contribution in [1.29, 1.82) is 0 Å². The quantitative estimate of drug-likeness (QED) is 0.741. The van der Waals surface area contributed by atoms with Gasteiger partial charge in [-0.1, -0.05) is 13.0 Å². The molecule has 14 heavy (non-hydrogen) atoms. The van der Waals surface area contributed by atoms with Crippen molar-refractivity contribution in [3.05, 3.63) is 23.8 Å². The van der Waals surface area contributed by atoms with E-state index in [1.165, 1.54) is 0 Å². The lowest BCUT2D eigenvalue weighted by Gasteiger charge is -2.10. The third kappa shape index (κ3) is 1.66. The highest BCUT2D eigenvalue weighted by molar-refractivity contribution is 5.45. The molecule has 1 heterocycles. The van der Waals surface area contributed by atoms with Gasteiger partial charge in [0.15, 0.2) is 11.5 Å². The Hall–Kier alpha value is -1.26. The Kier molecular flexibility index (Phi) is 2.56. The zero-order chi connectivity index (χ0) is 9.97. The number of hydrogen-bond acceptors (Lipinski definition) is 4. The molecule has 0 radical (unpaired) electrons. The monoisotopic (exact) mass is 195 g/mol. The normalized spacial score (nSPS) is 15.6. The third-order valence-corrected chi connectivity index (χ3v) is 2.31. The summed E-state index contributed by atoms with van der Waals surface area (Å²) in [5.41, 5.74) is 1.14. The molecule has 4 nitrogen and oxygen atoms in total. The SMILES string of the molecule is CC(CON)c1ccc2c(c1)OCO2. The Bertz CT molecular complexity index is 327. The van der Waals surface area contributed by atoms with Crippen molar-refractivity contribution in [1.82, 2.24) is 0 Å². The van der Waals surface area contributed by atoms with Crippen LogP contribution in [-0.2, 0) is 4.84 Å². The molecule has 1 aromatic carbocycles. The maximum absolute atomic E-state index is 5.27. The van der Waals surface area contributed by atoms with Crippen LogP contribution in [0.2, 0.25) is 0 Å². The van der Waals surface area contributed by atoms with Gasteiger partial charge in [-0.25, -0.2) is 5.90 Å². The molecule has 0 bridgehead atoms. The highest BCUT2D eigenvalue weighted by Gasteiger charge is 2.15. The molecule has 0 spiro atoms. The molecule has 0 aliphatic carbocycles. The van der Waals surface area contributed by atoms with Gasteiger partial charge in [0, 0.05) is 5.92 Å². The first kappa shape index (κ1) is 9.30. The van der Waals surface area contributed by atoms with Crippen molar-refractivity contribution in [2.75, 3.05) is 13.4 Å². The summed E-state index contributed by atoms with van der Waals surface area (Å²) >= 11 is 0. The maximum atomic E-state index is 5.27. The van der Waals surface area contributed by atoms with Crippen molar-refractivity contribution >= 4 is 0 Å². The van der Waals surface area contributed by atoms with Gasteiger partial charge in [-0.3, -0.25) is 0 Å². The van der Waals surface area contributed by atoms with Crippen LogP contribution in [0.1, 0.15) is 18.4 Å². The average molecular weight is 195 g/mol. The Morgan fingerprint density at radius 3 is 3.00 bits per heavy atom. The molecule has 1 atom stereocenters. The van der Waals surface area contributed by atoms with E-state index in [0.717, 1.165) is 17.1 Å². The summed E-state index contributed by atoms with van der Waals surface area (Å²) in [5, 5.41) is 0. The van der Waals surface area contributed by atoms with Gasteiger partial charge in [-0.15, -0.1) is 0 Å². The highest BCUT2D eigenvalue weighted by Crippen LogP contribution is 2.34. The number of benzene rings is 1. The van der Waals surface area contributed by atoms with E-state index in [0.29, 0.717) is 13.4 Å². The van der Waals surface area contributed by atoms with Crippen molar-refractivity contribution in [2.45, 2.75) is 12.8 Å². The number of ether oxygens (including phenoxy) is 2. The van der Waals surface area contributed by atoms with E-state index in [1.54, 1.807) is 0 Å². The highest BCUT2D eigenvalue weighted by atomic mass is 16.7. The predicted molar refractivity (Wildman–Crippen MR) is 51.1 cm³/mol. The van der Waals surface area contributed by atoms with Gasteiger partial charge in [0.05, 0.1) is 6.61 Å². The van der Waals surface area contributed by atoms with E-state index in [9.17, 15) is 0 Å². The van der Waals surface area contributed by atoms with Gasteiger partial charge >= 0.3 is 0 Å². The third-order valence-electron chi connectivity index (χ3n) is 2.31. The first-order chi connectivity index (χ1) is 6.81. The zero-order valence-corrected chi connectivity index (χ0v) is 8.03. The molecule has 0 amide bonds. The molecule has 0 saturated heterocycles. The van der Waals surface area contributed by atoms with Crippen LogP contribution in [0, 0.1) is 0 Å². The van der Waals surface area contributed by atoms with Crippen molar-refractivity contribution in [2.24, 2.45) is 5.90 Å². The molecule has 1 aliphatic rings. The van der Waals surface area contributed by atoms with E-state index in [-0.39, 0.29) is 5.92 Å². The van der Waals surface area contributed by atoms with E-state index < -0.39 is 0 Å². The first-order valence-corrected chi connectivity index (χ1v) is 4.52. The van der Waals surface area contributed by atoms with E-state index in [2.05, 4.69) is 4.84 Å². The Morgan fingerprint density at radius 2 is 2.21 bits per heavy atom. The number of hydrogen-bond donors (Lipinski definition) is 1. The first-order valence-electron chi connectivity index (χ1n) is 4.52. The van der Waals surface area contributed by atoms with E-state index in [4.69, 9.17) is 15.4 Å². The van der Waals surface area contributed by atoms with E-state index in [1.807, 2.05) is 25.1 Å². The average Bonchev–Trinajstić information content (AvgIpc) is 2.64. The summed E-state index contributed by atoms with van der Waals surface area (Å²) in [6.45, 7) is 2.85. The largest absolute Gasteiger partial charge is 0.454 e. The molecule has 76 valence electrons. The van der Waals surface area contributed by atoms with Crippen LogP contribution in [0.3, 0.4) is 0 Å². The smallest absolute Gasteiger partial charge is 0.231 e. The fourth-order valence-corrected chi connectivity index (χ4v) is 1.46. The second-order valence-corrected chi connectivity index (χ2v) is 3.35. The lowest BCUT2D eigenvalue weighted by atomic mass is 10.0. The molecule has 2 rings (SSSR count). The molecule has 4 heteroatoms. The van der Waals surface area contributed by atoms with Crippen LogP contribution >= 0.6 is 0 Å². The zero-order valence-electron chi connectivity index (χ0n) is 8.03. The molecule has 1 aliphatic heterocycles. The molecular formula is C10H13NO3. The Morgan fingerprint density at radius 1 is 1.43 bits per heavy atom. The van der Waals surface area contributed by atoms with Crippen LogP contribution < -0.4 is 15.4 Å². The van der Waals surface area contributed by atoms with Gasteiger partial charge in [-0.05, 0) is 17.7 Å². The topological polar surface area (TPSA) is 53.7 Å². The fourth-order valence-electron chi connectivity index (χ4n) is 1.46. The van der Waals surface area contributed by atoms with Crippen LogP contribution in [0.4, 0.5) is 0 Å². The molecule has 0 fully saturated rings. The maximum Gasteiger partial charge on any atom is 0.231 e. The predicted octanol–water partition coefficient (Wildman–Crippen LogP) is 1.41. The minimum Gasteiger partial charge on any atom is -0.454 e. The molecule has 0 aromatic heterocycles. The van der Waals surface area contributed by atoms with E-state index >= 15 is 0 Å². The summed E-state index contributed by atoms with van der Waals surface area (Å²) in [6.07, 6.45) is 0. The summed E-state index contributed by atoms with van der Waals surface area (Å²) < 4.78 is 10.5. The molecule has 1 aromatic rings. The lowest BCUT2D eigenvalue weighted by molar-refractivity contribution is 0.126. The van der Waals surface area contributed by atoms with Gasteiger partial charge in [0.1, 0.15) is 0 Å². The molecule has 1 unspecified atom stereocenters. The van der Waals surface area contributed by atoms with Crippen molar-refractivity contribution in [3.63, 3.8) is 0 Å². The van der Waals surface area contributed by atoms with Crippen LogP contribution in [0.15, 0.2) is 18.2 Å². The summed E-state index contributed by atoms with van der Waals surface area (Å²) in [7, 11) is 0. The van der Waals surface area contributed by atoms with Crippen LogP contribution in [0.5, 0.6) is 11.5 Å². The second-order valence-electron chi connectivity index (χ2n) is 3.35. The standard InChI is InChI=1S/C10H13NO3/c1-7(5-14-11)8-2-3-9-10(4-8)13-6-12-9/h2-4,7H,5-6,11H2,1H3. The lowest BCUT2D eigenvalue weighted by Crippen LogP contribution is -2.08. The summed E-state index contributed by atoms with van der Waals surface area (Å²) in [4.78, 5) is 4.61. The van der Waals surface area contributed by atoms with Gasteiger partial charge in [0.25, 0.3) is 0 Å². The summed E-state index contributed by atoms with van der Waals surface area (Å²) in [6, 6.07) is 5.87. The number of fused-ring (bicyclic) bond motifs is 1. The van der Waals surface area contributed by atoms with Gasteiger partial charge in [0.2, 0.25) is 6.79 Å². The van der Waals surface area contributed by atoms with Crippen LogP contribution in [0.25, 0.3) is 0 Å². The summed E-state index contributed by atoms with van der Waals surface area (Å²) in [5.74, 6) is 6.88. The van der Waals surface area contributed by atoms with Crippen LogP contribution in [-0.4, -0.2) is 13.4 Å². The fraction of sp³-hybridized carbons (Fsp3) is 0.400. The van der Waals surface area contributed by atoms with Gasteiger partial charge < -0.3 is 14.3 Å². The van der Waals surface area contributed by atoms with Gasteiger partial charge in [-0.2, -0.15) is 0 Å². The Balaban J connectivity index is 2.19.